The zero-order valence-corrected chi connectivity index (χ0v) is 8.80. The molecule has 0 unspecified atom stereocenters. The van der Waals surface area contributed by atoms with Crippen molar-refractivity contribution in [1.82, 2.24) is 4.57 Å². The molecule has 14 heavy (non-hydrogen) atoms. The molecule has 0 radical (unpaired) electrons. The van der Waals surface area contributed by atoms with Crippen molar-refractivity contribution < 1.29 is 4.79 Å². The van der Waals surface area contributed by atoms with E-state index in [1.54, 1.807) is 0 Å². The Labute approximate surface area is 87.1 Å². The number of rotatable bonds is 1. The molecular formula is C11H10ClNO. The lowest BCUT2D eigenvalue weighted by atomic mass is 10.1. The Morgan fingerprint density at radius 1 is 1.43 bits per heavy atom. The first-order valence-corrected chi connectivity index (χ1v) is 4.72. The average molecular weight is 208 g/mol. The Bertz CT molecular complexity index is 513. The molecule has 2 rings (SSSR count). The van der Waals surface area contributed by atoms with Crippen molar-refractivity contribution in [3.05, 3.63) is 34.5 Å². The third-order valence-corrected chi connectivity index (χ3v) is 2.82. The van der Waals surface area contributed by atoms with Crippen LogP contribution in [0.5, 0.6) is 0 Å². The summed E-state index contributed by atoms with van der Waals surface area (Å²) in [4.78, 5) is 10.8. The van der Waals surface area contributed by atoms with Gasteiger partial charge in [0.15, 0.2) is 6.29 Å². The van der Waals surface area contributed by atoms with Crippen molar-refractivity contribution in [2.24, 2.45) is 7.05 Å². The van der Waals surface area contributed by atoms with E-state index in [9.17, 15) is 4.79 Å². The van der Waals surface area contributed by atoms with E-state index in [1.807, 2.05) is 36.7 Å². The molecule has 2 aromatic rings. The fourth-order valence-corrected chi connectivity index (χ4v) is 1.95. The number of aromatic nitrogens is 1. The highest BCUT2D eigenvalue weighted by Gasteiger charge is 2.10. The van der Waals surface area contributed by atoms with E-state index in [0.717, 1.165) is 22.8 Å². The maximum absolute atomic E-state index is 10.8. The summed E-state index contributed by atoms with van der Waals surface area (Å²) in [7, 11) is 1.87. The van der Waals surface area contributed by atoms with Crippen LogP contribution >= 0.6 is 11.6 Å². The number of carbonyl (C=O) groups is 1. The molecule has 0 spiro atoms. The first kappa shape index (κ1) is 9.28. The van der Waals surface area contributed by atoms with Crippen LogP contribution < -0.4 is 0 Å². The third-order valence-electron chi connectivity index (χ3n) is 2.58. The summed E-state index contributed by atoms with van der Waals surface area (Å²) >= 11 is 5.89. The highest BCUT2D eigenvalue weighted by atomic mass is 35.5. The number of halogens is 1. The van der Waals surface area contributed by atoms with E-state index < -0.39 is 0 Å². The third kappa shape index (κ3) is 1.15. The fraction of sp³-hybridized carbons (Fsp3) is 0.182. The van der Waals surface area contributed by atoms with Gasteiger partial charge in [0.25, 0.3) is 0 Å². The summed E-state index contributed by atoms with van der Waals surface area (Å²) in [5.74, 6) is 0. The van der Waals surface area contributed by atoms with Gasteiger partial charge < -0.3 is 4.57 Å². The maximum atomic E-state index is 10.8. The van der Waals surface area contributed by atoms with Gasteiger partial charge in [-0.2, -0.15) is 0 Å². The zero-order chi connectivity index (χ0) is 10.3. The molecule has 0 amide bonds. The Morgan fingerprint density at radius 2 is 2.14 bits per heavy atom. The number of aryl methyl sites for hydroxylation is 2. The molecule has 0 bridgehead atoms. The van der Waals surface area contributed by atoms with Crippen LogP contribution in [0.3, 0.4) is 0 Å². The van der Waals surface area contributed by atoms with Gasteiger partial charge in [0, 0.05) is 17.5 Å². The van der Waals surface area contributed by atoms with Crippen LogP contribution in [-0.4, -0.2) is 10.9 Å². The van der Waals surface area contributed by atoms with Crippen LogP contribution in [0.4, 0.5) is 0 Å². The van der Waals surface area contributed by atoms with Crippen molar-refractivity contribution in [3.8, 4) is 0 Å². The summed E-state index contributed by atoms with van der Waals surface area (Å²) < 4.78 is 1.86. The van der Waals surface area contributed by atoms with Gasteiger partial charge in [0.2, 0.25) is 0 Å². The number of benzene rings is 1. The van der Waals surface area contributed by atoms with Crippen molar-refractivity contribution in [3.63, 3.8) is 0 Å². The normalized spacial score (nSPS) is 10.8. The monoisotopic (exact) mass is 207 g/mol. The molecule has 1 aromatic carbocycles. The van der Waals surface area contributed by atoms with E-state index in [-0.39, 0.29) is 0 Å². The quantitative estimate of drug-likeness (QED) is 0.659. The molecule has 0 aliphatic rings. The van der Waals surface area contributed by atoms with Crippen LogP contribution in [0.15, 0.2) is 18.2 Å². The Morgan fingerprint density at radius 3 is 2.79 bits per heavy atom. The van der Waals surface area contributed by atoms with Crippen molar-refractivity contribution in [2.45, 2.75) is 6.92 Å². The van der Waals surface area contributed by atoms with Crippen LogP contribution in [-0.2, 0) is 7.05 Å². The molecule has 0 N–H and O–H groups in total. The van der Waals surface area contributed by atoms with Crippen LogP contribution in [0.25, 0.3) is 10.9 Å². The molecule has 3 heteroatoms. The molecule has 0 aliphatic carbocycles. The van der Waals surface area contributed by atoms with E-state index >= 15 is 0 Å². The predicted molar refractivity (Wildman–Crippen MR) is 58.1 cm³/mol. The topological polar surface area (TPSA) is 22.0 Å². The molecule has 1 heterocycles. The van der Waals surface area contributed by atoms with Gasteiger partial charge in [-0.15, -0.1) is 0 Å². The maximum Gasteiger partial charge on any atom is 0.166 e. The summed E-state index contributed by atoms with van der Waals surface area (Å²) in [5, 5.41) is 1.77. The smallest absolute Gasteiger partial charge is 0.166 e. The molecule has 0 aliphatic heterocycles. The molecule has 72 valence electrons. The molecule has 2 nitrogen and oxygen atoms in total. The number of carbonyl (C=O) groups excluding carboxylic acids is 1. The summed E-state index contributed by atoms with van der Waals surface area (Å²) in [5.41, 5.74) is 2.72. The first-order chi connectivity index (χ1) is 6.65. The Balaban J connectivity index is 2.94. The summed E-state index contributed by atoms with van der Waals surface area (Å²) in [6, 6.07) is 5.66. The van der Waals surface area contributed by atoms with Crippen LogP contribution in [0.1, 0.15) is 16.1 Å². The second kappa shape index (κ2) is 3.14. The van der Waals surface area contributed by atoms with Crippen molar-refractivity contribution in [2.75, 3.05) is 0 Å². The number of fused-ring (bicyclic) bond motifs is 1. The van der Waals surface area contributed by atoms with Gasteiger partial charge in [-0.3, -0.25) is 4.79 Å². The van der Waals surface area contributed by atoms with Crippen LogP contribution in [0.2, 0.25) is 5.02 Å². The highest BCUT2D eigenvalue weighted by molar-refractivity contribution is 6.31. The van der Waals surface area contributed by atoms with Crippen molar-refractivity contribution >= 4 is 28.8 Å². The lowest BCUT2D eigenvalue weighted by molar-refractivity contribution is 0.111. The minimum Gasteiger partial charge on any atom is -0.341 e. The number of nitrogens with zero attached hydrogens (tertiary/aromatic N) is 1. The summed E-state index contributed by atoms with van der Waals surface area (Å²) in [6.07, 6.45) is 0.878. The zero-order valence-electron chi connectivity index (χ0n) is 8.04. The summed E-state index contributed by atoms with van der Waals surface area (Å²) in [6.45, 7) is 1.94. The first-order valence-electron chi connectivity index (χ1n) is 4.35. The highest BCUT2D eigenvalue weighted by Crippen LogP contribution is 2.26. The predicted octanol–water partition coefficient (Wildman–Crippen LogP) is 2.95. The minimum atomic E-state index is 0.690. The molecule has 1 aromatic heterocycles. The van der Waals surface area contributed by atoms with Crippen LogP contribution in [0, 0.1) is 6.92 Å². The Kier molecular flexibility index (Phi) is 2.08. The second-order valence-electron chi connectivity index (χ2n) is 3.35. The van der Waals surface area contributed by atoms with Gasteiger partial charge in [-0.25, -0.2) is 0 Å². The average Bonchev–Trinajstić information content (AvgIpc) is 2.39. The lowest BCUT2D eigenvalue weighted by Crippen LogP contribution is -1.94. The molecule has 0 saturated heterocycles. The van der Waals surface area contributed by atoms with Gasteiger partial charge in [0.1, 0.15) is 0 Å². The van der Waals surface area contributed by atoms with E-state index in [1.165, 1.54) is 0 Å². The lowest BCUT2D eigenvalue weighted by Gasteiger charge is -1.97. The fourth-order valence-electron chi connectivity index (χ4n) is 1.79. The largest absolute Gasteiger partial charge is 0.341 e. The van der Waals surface area contributed by atoms with Crippen molar-refractivity contribution in [1.29, 1.82) is 0 Å². The molecule has 0 saturated carbocycles. The number of hydrogen-bond acceptors (Lipinski definition) is 1. The second-order valence-corrected chi connectivity index (χ2v) is 3.79. The van der Waals surface area contributed by atoms with Gasteiger partial charge >= 0.3 is 0 Å². The molecular weight excluding hydrogens is 198 g/mol. The molecule has 0 fully saturated rings. The number of aldehydes is 1. The SMILES string of the molecule is Cc1c(C=O)n(C)c2cc(Cl)ccc12. The number of hydrogen-bond donors (Lipinski definition) is 0. The van der Waals surface area contributed by atoms with Gasteiger partial charge in [-0.05, 0) is 24.6 Å². The van der Waals surface area contributed by atoms with E-state index in [4.69, 9.17) is 11.6 Å². The Hall–Kier alpha value is -1.28. The standard InChI is InChI=1S/C11H10ClNO/c1-7-9-4-3-8(12)5-10(9)13(2)11(7)6-14/h3-6H,1-2H3. The minimum absolute atomic E-state index is 0.690. The van der Waals surface area contributed by atoms with Gasteiger partial charge in [-0.1, -0.05) is 17.7 Å². The van der Waals surface area contributed by atoms with E-state index in [0.29, 0.717) is 10.7 Å². The molecule has 0 atom stereocenters. The van der Waals surface area contributed by atoms with E-state index in [2.05, 4.69) is 0 Å². The van der Waals surface area contributed by atoms with Gasteiger partial charge in [0.05, 0.1) is 11.2 Å².